The van der Waals surface area contributed by atoms with E-state index in [0.717, 1.165) is 5.92 Å². The number of para-hydroxylation sites is 1. The standard InChI is InChI=1S/C20H26N2O/c23-12-14-5-3-4-13-11-22-9-8-16-15-6-1-2-7-18(15)21-20(16)19(22)10-17(13)14/h1-2,6-7,13-14,17,19,21,23H,3-5,8-12H2/t13?,14-,17-,19-/m0/s1. The molecule has 0 bridgehead atoms. The van der Waals surface area contributed by atoms with Crippen LogP contribution >= 0.6 is 0 Å². The Morgan fingerprint density at radius 2 is 2.13 bits per heavy atom. The predicted molar refractivity (Wildman–Crippen MR) is 92.3 cm³/mol. The van der Waals surface area contributed by atoms with Crippen molar-refractivity contribution in [3.63, 3.8) is 0 Å². The van der Waals surface area contributed by atoms with Gasteiger partial charge in [0.05, 0.1) is 6.04 Å². The van der Waals surface area contributed by atoms with Crippen LogP contribution < -0.4 is 0 Å². The van der Waals surface area contributed by atoms with Crippen LogP contribution in [0.15, 0.2) is 24.3 Å². The van der Waals surface area contributed by atoms with Gasteiger partial charge in [0.15, 0.2) is 0 Å². The number of aliphatic hydroxyl groups excluding tert-OH is 1. The molecule has 1 unspecified atom stereocenters. The lowest BCUT2D eigenvalue weighted by Crippen LogP contribution is -2.49. The first kappa shape index (κ1) is 14.1. The van der Waals surface area contributed by atoms with Crippen molar-refractivity contribution in [3.05, 3.63) is 35.5 Å². The molecule has 0 amide bonds. The fraction of sp³-hybridized carbons (Fsp3) is 0.600. The van der Waals surface area contributed by atoms with Gasteiger partial charge in [0.1, 0.15) is 0 Å². The van der Waals surface area contributed by atoms with Crippen LogP contribution in [0.2, 0.25) is 0 Å². The third-order valence-electron chi connectivity index (χ3n) is 6.83. The maximum Gasteiger partial charge on any atom is 0.0504 e. The maximum absolute atomic E-state index is 9.81. The van der Waals surface area contributed by atoms with E-state index in [2.05, 4.69) is 34.1 Å². The number of rotatable bonds is 1. The number of nitrogens with one attached hydrogen (secondary N) is 1. The first-order chi connectivity index (χ1) is 11.3. The second kappa shape index (κ2) is 5.35. The summed E-state index contributed by atoms with van der Waals surface area (Å²) in [6.45, 7) is 2.82. The van der Waals surface area contributed by atoms with Crippen molar-refractivity contribution >= 4 is 10.9 Å². The molecule has 3 heteroatoms. The third kappa shape index (κ3) is 2.10. The van der Waals surface area contributed by atoms with E-state index >= 15 is 0 Å². The minimum absolute atomic E-state index is 0.382. The Bertz CT molecular complexity index is 722. The highest BCUT2D eigenvalue weighted by Crippen LogP contribution is 2.48. The zero-order chi connectivity index (χ0) is 15.4. The van der Waals surface area contributed by atoms with Gasteiger partial charge in [-0.25, -0.2) is 0 Å². The summed E-state index contributed by atoms with van der Waals surface area (Å²) in [5, 5.41) is 11.2. The second-order valence-electron chi connectivity index (χ2n) is 7.86. The minimum Gasteiger partial charge on any atom is -0.396 e. The summed E-state index contributed by atoms with van der Waals surface area (Å²) in [7, 11) is 0. The first-order valence-electron chi connectivity index (χ1n) is 9.29. The van der Waals surface area contributed by atoms with Crippen LogP contribution in [0.5, 0.6) is 0 Å². The Morgan fingerprint density at radius 1 is 1.22 bits per heavy atom. The molecule has 2 aromatic rings. The van der Waals surface area contributed by atoms with Crippen molar-refractivity contribution in [2.45, 2.75) is 38.1 Å². The summed E-state index contributed by atoms with van der Waals surface area (Å²) in [6.07, 6.45) is 6.31. The highest BCUT2D eigenvalue weighted by atomic mass is 16.3. The Hall–Kier alpha value is -1.32. The van der Waals surface area contributed by atoms with Gasteiger partial charge in [-0.2, -0.15) is 0 Å². The predicted octanol–water partition coefficient (Wildman–Crippen LogP) is 3.50. The minimum atomic E-state index is 0.382. The van der Waals surface area contributed by atoms with Gasteiger partial charge in [-0.05, 0) is 55.1 Å². The Balaban J connectivity index is 1.54. The van der Waals surface area contributed by atoms with Gasteiger partial charge in [-0.1, -0.05) is 24.6 Å². The van der Waals surface area contributed by atoms with E-state index in [1.165, 1.54) is 61.8 Å². The number of hydrogen-bond donors (Lipinski definition) is 2. The number of aromatic amines is 1. The van der Waals surface area contributed by atoms with Crippen LogP contribution in [0.25, 0.3) is 10.9 Å². The SMILES string of the molecule is OC[C@@H]1CCCC2CN3CCc4c([nH]c5ccccc45)[C@@H]3C[C@@H]21. The van der Waals surface area contributed by atoms with E-state index < -0.39 is 0 Å². The largest absolute Gasteiger partial charge is 0.396 e. The van der Waals surface area contributed by atoms with Crippen molar-refractivity contribution in [1.82, 2.24) is 9.88 Å². The summed E-state index contributed by atoms with van der Waals surface area (Å²) < 4.78 is 0. The van der Waals surface area contributed by atoms with Crippen LogP contribution in [0.1, 0.15) is 43.0 Å². The van der Waals surface area contributed by atoms with E-state index in [1.54, 1.807) is 5.56 Å². The summed E-state index contributed by atoms with van der Waals surface area (Å²) in [5.74, 6) is 2.06. The highest BCUT2D eigenvalue weighted by molar-refractivity contribution is 5.85. The van der Waals surface area contributed by atoms with Crippen LogP contribution in [0.3, 0.4) is 0 Å². The number of aromatic nitrogens is 1. The quantitative estimate of drug-likeness (QED) is 0.846. The first-order valence-corrected chi connectivity index (χ1v) is 9.29. The fourth-order valence-corrected chi connectivity index (χ4v) is 5.71. The molecule has 2 N–H and O–H groups in total. The lowest BCUT2D eigenvalue weighted by atomic mass is 9.66. The molecule has 1 saturated carbocycles. The van der Waals surface area contributed by atoms with Crippen molar-refractivity contribution in [3.8, 4) is 0 Å². The van der Waals surface area contributed by atoms with Crippen LogP contribution in [0, 0.1) is 17.8 Å². The molecule has 2 aliphatic heterocycles. The molecule has 0 radical (unpaired) electrons. The maximum atomic E-state index is 9.81. The molecule has 3 heterocycles. The van der Waals surface area contributed by atoms with Gasteiger partial charge >= 0.3 is 0 Å². The molecule has 23 heavy (non-hydrogen) atoms. The van der Waals surface area contributed by atoms with Crippen LogP contribution in [-0.2, 0) is 6.42 Å². The van der Waals surface area contributed by atoms with E-state index in [9.17, 15) is 5.11 Å². The molecule has 1 aromatic heterocycles. The molecule has 1 aromatic carbocycles. The number of H-pyrrole nitrogens is 1. The monoisotopic (exact) mass is 310 g/mol. The summed E-state index contributed by atoms with van der Waals surface area (Å²) in [4.78, 5) is 6.46. The van der Waals surface area contributed by atoms with Gasteiger partial charge < -0.3 is 10.1 Å². The van der Waals surface area contributed by atoms with E-state index in [0.29, 0.717) is 24.5 Å². The van der Waals surface area contributed by atoms with Crippen molar-refractivity contribution in [2.75, 3.05) is 19.7 Å². The topological polar surface area (TPSA) is 39.3 Å². The zero-order valence-electron chi connectivity index (χ0n) is 13.7. The number of aliphatic hydroxyl groups is 1. The molecule has 5 rings (SSSR count). The summed E-state index contributed by atoms with van der Waals surface area (Å²) >= 11 is 0. The lowest BCUT2D eigenvalue weighted by molar-refractivity contribution is -0.0141. The average Bonchev–Trinajstić information content (AvgIpc) is 2.98. The Morgan fingerprint density at radius 3 is 3.04 bits per heavy atom. The summed E-state index contributed by atoms with van der Waals surface area (Å²) in [6, 6.07) is 9.30. The van der Waals surface area contributed by atoms with Gasteiger partial charge in [0.25, 0.3) is 0 Å². The van der Waals surface area contributed by atoms with Crippen molar-refractivity contribution in [1.29, 1.82) is 0 Å². The molecule has 1 aliphatic carbocycles. The molecule has 3 nitrogen and oxygen atoms in total. The normalized spacial score (nSPS) is 34.0. The Kier molecular flexibility index (Phi) is 3.27. The van der Waals surface area contributed by atoms with Crippen molar-refractivity contribution < 1.29 is 5.11 Å². The van der Waals surface area contributed by atoms with Crippen LogP contribution in [0.4, 0.5) is 0 Å². The van der Waals surface area contributed by atoms with Gasteiger partial charge in [-0.3, -0.25) is 4.90 Å². The molecular formula is C20H26N2O. The van der Waals surface area contributed by atoms with E-state index in [1.807, 2.05) is 0 Å². The molecule has 0 spiro atoms. The third-order valence-corrected chi connectivity index (χ3v) is 6.83. The van der Waals surface area contributed by atoms with Gasteiger partial charge in [-0.15, -0.1) is 0 Å². The van der Waals surface area contributed by atoms with Crippen molar-refractivity contribution in [2.24, 2.45) is 17.8 Å². The zero-order valence-corrected chi connectivity index (χ0v) is 13.7. The van der Waals surface area contributed by atoms with E-state index in [4.69, 9.17) is 0 Å². The average molecular weight is 310 g/mol. The molecular weight excluding hydrogens is 284 g/mol. The Labute approximate surface area is 137 Å². The molecule has 3 aliphatic rings. The molecule has 2 fully saturated rings. The molecule has 122 valence electrons. The lowest BCUT2D eigenvalue weighted by Gasteiger charge is -2.50. The number of hydrogen-bond acceptors (Lipinski definition) is 2. The molecule has 4 atom stereocenters. The number of nitrogens with zero attached hydrogens (tertiary/aromatic N) is 1. The second-order valence-corrected chi connectivity index (χ2v) is 7.86. The van der Waals surface area contributed by atoms with Crippen LogP contribution in [-0.4, -0.2) is 34.7 Å². The van der Waals surface area contributed by atoms with E-state index in [-0.39, 0.29) is 0 Å². The number of fused-ring (bicyclic) bond motifs is 6. The van der Waals surface area contributed by atoms with Gasteiger partial charge in [0, 0.05) is 36.3 Å². The number of piperidine rings is 1. The molecule has 1 saturated heterocycles. The smallest absolute Gasteiger partial charge is 0.0504 e. The fourth-order valence-electron chi connectivity index (χ4n) is 5.71. The number of benzene rings is 1. The van der Waals surface area contributed by atoms with Gasteiger partial charge in [0.2, 0.25) is 0 Å². The highest BCUT2D eigenvalue weighted by Gasteiger charge is 2.43. The summed E-state index contributed by atoms with van der Waals surface area (Å²) in [5.41, 5.74) is 4.32.